The number of carboxylic acids is 1. The van der Waals surface area contributed by atoms with Crippen molar-refractivity contribution in [1.29, 1.82) is 0 Å². The van der Waals surface area contributed by atoms with E-state index in [9.17, 15) is 4.79 Å². The minimum Gasteiger partial charge on any atom is -0.480 e. The van der Waals surface area contributed by atoms with Crippen molar-refractivity contribution in [3.63, 3.8) is 0 Å². The number of carboxylic acid groups (broad SMARTS) is 1. The number of thioether (sulfide) groups is 1. The van der Waals surface area contributed by atoms with Crippen LogP contribution in [0.15, 0.2) is 0 Å². The van der Waals surface area contributed by atoms with Crippen LogP contribution in [0, 0.1) is 0 Å². The Kier molecular flexibility index (Phi) is 7.93. The average Bonchev–Trinajstić information content (AvgIpc) is 2.17. The number of aliphatic carboxylic acids is 1. The Morgan fingerprint density at radius 3 is 2.50 bits per heavy atom. The zero-order valence-electron chi connectivity index (χ0n) is 8.90. The van der Waals surface area contributed by atoms with E-state index in [0.29, 0.717) is 5.75 Å². The van der Waals surface area contributed by atoms with Crippen molar-refractivity contribution in [1.82, 2.24) is 4.90 Å². The number of nitrogens with two attached hydrogens (primary N) is 1. The smallest absolute Gasteiger partial charge is 0.321 e. The third kappa shape index (κ3) is 6.23. The molecule has 0 bridgehead atoms. The van der Waals surface area contributed by atoms with Crippen LogP contribution in [0.4, 0.5) is 0 Å². The van der Waals surface area contributed by atoms with Crippen molar-refractivity contribution in [2.75, 3.05) is 31.1 Å². The third-order valence-electron chi connectivity index (χ3n) is 2.06. The summed E-state index contributed by atoms with van der Waals surface area (Å²) in [6.07, 6.45) is 0. The molecule has 1 atom stereocenters. The summed E-state index contributed by atoms with van der Waals surface area (Å²) in [5.41, 5.74) is 5.36. The summed E-state index contributed by atoms with van der Waals surface area (Å²) in [7, 11) is 0. The van der Waals surface area contributed by atoms with Crippen LogP contribution in [-0.2, 0) is 4.79 Å². The molecule has 0 aromatic heterocycles. The van der Waals surface area contributed by atoms with Crippen molar-refractivity contribution in [3.8, 4) is 0 Å². The highest BCUT2D eigenvalue weighted by atomic mass is 32.2. The zero-order valence-corrected chi connectivity index (χ0v) is 9.72. The van der Waals surface area contributed by atoms with Gasteiger partial charge >= 0.3 is 5.97 Å². The molecule has 0 aliphatic carbocycles. The SMILES string of the molecule is CCN(CC)CCSCC(N)C(=O)O. The lowest BCUT2D eigenvalue weighted by Gasteiger charge is -2.17. The summed E-state index contributed by atoms with van der Waals surface area (Å²) in [5, 5.41) is 8.53. The van der Waals surface area contributed by atoms with E-state index in [0.717, 1.165) is 25.4 Å². The van der Waals surface area contributed by atoms with Crippen molar-refractivity contribution >= 4 is 17.7 Å². The molecule has 5 heteroatoms. The summed E-state index contributed by atoms with van der Waals surface area (Å²) < 4.78 is 0. The topological polar surface area (TPSA) is 66.6 Å². The van der Waals surface area contributed by atoms with Crippen LogP contribution >= 0.6 is 11.8 Å². The van der Waals surface area contributed by atoms with Gasteiger partial charge in [-0.2, -0.15) is 11.8 Å². The van der Waals surface area contributed by atoms with Gasteiger partial charge < -0.3 is 15.7 Å². The summed E-state index contributed by atoms with van der Waals surface area (Å²) in [6, 6.07) is -0.725. The van der Waals surface area contributed by atoms with E-state index in [1.54, 1.807) is 11.8 Å². The van der Waals surface area contributed by atoms with Gasteiger partial charge in [-0.25, -0.2) is 0 Å². The fraction of sp³-hybridized carbons (Fsp3) is 0.889. The van der Waals surface area contributed by atoms with Crippen LogP contribution in [0.1, 0.15) is 13.8 Å². The summed E-state index contributed by atoms with van der Waals surface area (Å²) in [5.74, 6) is 0.527. The van der Waals surface area contributed by atoms with Gasteiger partial charge in [0.2, 0.25) is 0 Å². The molecule has 3 N–H and O–H groups in total. The van der Waals surface area contributed by atoms with Gasteiger partial charge in [-0.15, -0.1) is 0 Å². The monoisotopic (exact) mass is 220 g/mol. The molecule has 0 amide bonds. The van der Waals surface area contributed by atoms with E-state index >= 15 is 0 Å². The van der Waals surface area contributed by atoms with Crippen molar-refractivity contribution < 1.29 is 9.90 Å². The highest BCUT2D eigenvalue weighted by Gasteiger charge is 2.10. The summed E-state index contributed by atoms with van der Waals surface area (Å²) in [4.78, 5) is 12.7. The number of rotatable bonds is 8. The van der Waals surface area contributed by atoms with Crippen molar-refractivity contribution in [2.24, 2.45) is 5.73 Å². The first-order chi connectivity index (χ1) is 6.61. The van der Waals surface area contributed by atoms with Gasteiger partial charge in [0.05, 0.1) is 0 Å². The van der Waals surface area contributed by atoms with Crippen LogP contribution in [0.2, 0.25) is 0 Å². The second kappa shape index (κ2) is 8.08. The quantitative estimate of drug-likeness (QED) is 0.582. The van der Waals surface area contributed by atoms with Gasteiger partial charge in [0.25, 0.3) is 0 Å². The number of nitrogens with zero attached hydrogens (tertiary/aromatic N) is 1. The van der Waals surface area contributed by atoms with Gasteiger partial charge in [-0.1, -0.05) is 13.8 Å². The maximum Gasteiger partial charge on any atom is 0.321 e. The molecule has 0 radical (unpaired) electrons. The molecule has 0 saturated carbocycles. The summed E-state index contributed by atoms with van der Waals surface area (Å²) in [6.45, 7) is 7.34. The first-order valence-corrected chi connectivity index (χ1v) is 6.05. The second-order valence-electron chi connectivity index (χ2n) is 3.05. The number of carbonyl (C=O) groups is 1. The van der Waals surface area contributed by atoms with Crippen LogP contribution in [0.5, 0.6) is 0 Å². The van der Waals surface area contributed by atoms with Crippen LogP contribution < -0.4 is 5.73 Å². The lowest BCUT2D eigenvalue weighted by molar-refractivity contribution is -0.137. The molecule has 0 spiro atoms. The van der Waals surface area contributed by atoms with Crippen LogP contribution in [0.25, 0.3) is 0 Å². The first kappa shape index (κ1) is 13.7. The van der Waals surface area contributed by atoms with E-state index in [1.807, 2.05) is 0 Å². The molecular formula is C9H20N2O2S. The molecule has 0 aromatic rings. The Morgan fingerprint density at radius 1 is 1.50 bits per heavy atom. The highest BCUT2D eigenvalue weighted by Crippen LogP contribution is 2.02. The number of hydrogen-bond donors (Lipinski definition) is 2. The fourth-order valence-electron chi connectivity index (χ4n) is 1.02. The summed E-state index contributed by atoms with van der Waals surface area (Å²) >= 11 is 1.60. The maximum atomic E-state index is 10.4. The molecule has 0 heterocycles. The van der Waals surface area contributed by atoms with Gasteiger partial charge in [0, 0.05) is 18.1 Å². The molecule has 1 unspecified atom stereocenters. The van der Waals surface area contributed by atoms with E-state index in [1.165, 1.54) is 0 Å². The molecule has 0 aromatic carbocycles. The molecular weight excluding hydrogens is 200 g/mol. The van der Waals surface area contributed by atoms with Gasteiger partial charge in [0.15, 0.2) is 0 Å². The largest absolute Gasteiger partial charge is 0.480 e. The van der Waals surface area contributed by atoms with Crippen molar-refractivity contribution in [2.45, 2.75) is 19.9 Å². The Hall–Kier alpha value is -0.260. The zero-order chi connectivity index (χ0) is 11.0. The number of hydrogen-bond acceptors (Lipinski definition) is 4. The van der Waals surface area contributed by atoms with E-state index in [-0.39, 0.29) is 0 Å². The van der Waals surface area contributed by atoms with Crippen molar-refractivity contribution in [3.05, 3.63) is 0 Å². The highest BCUT2D eigenvalue weighted by molar-refractivity contribution is 7.99. The predicted molar refractivity (Wildman–Crippen MR) is 60.7 cm³/mol. The molecule has 0 aliphatic rings. The molecule has 0 saturated heterocycles. The molecule has 0 aliphatic heterocycles. The van der Waals surface area contributed by atoms with E-state index in [4.69, 9.17) is 10.8 Å². The average molecular weight is 220 g/mol. The minimum atomic E-state index is -0.916. The third-order valence-corrected chi connectivity index (χ3v) is 3.13. The van der Waals surface area contributed by atoms with E-state index < -0.39 is 12.0 Å². The molecule has 0 fully saturated rings. The lowest BCUT2D eigenvalue weighted by Crippen LogP contribution is -2.33. The minimum absolute atomic E-state index is 0.497. The fourth-order valence-corrected chi connectivity index (χ4v) is 1.97. The lowest BCUT2D eigenvalue weighted by atomic mass is 10.4. The van der Waals surface area contributed by atoms with E-state index in [2.05, 4.69) is 18.7 Å². The van der Waals surface area contributed by atoms with Gasteiger partial charge in [-0.05, 0) is 13.1 Å². The van der Waals surface area contributed by atoms with Crippen LogP contribution in [-0.4, -0.2) is 53.2 Å². The predicted octanol–water partition coefficient (Wildman–Crippen LogP) is 0.473. The molecule has 0 rings (SSSR count). The Morgan fingerprint density at radius 2 is 2.07 bits per heavy atom. The Bertz CT molecular complexity index is 163. The molecule has 84 valence electrons. The molecule has 14 heavy (non-hydrogen) atoms. The Balaban J connectivity index is 3.41. The Labute approximate surface area is 89.8 Å². The second-order valence-corrected chi connectivity index (χ2v) is 4.20. The first-order valence-electron chi connectivity index (χ1n) is 4.90. The maximum absolute atomic E-state index is 10.4. The normalized spacial score (nSPS) is 13.1. The van der Waals surface area contributed by atoms with Gasteiger partial charge in [-0.3, -0.25) is 4.79 Å². The van der Waals surface area contributed by atoms with Gasteiger partial charge in [0.1, 0.15) is 6.04 Å². The van der Waals surface area contributed by atoms with Crippen LogP contribution in [0.3, 0.4) is 0 Å². The standard InChI is InChI=1S/C9H20N2O2S/c1-3-11(4-2)5-6-14-7-8(10)9(12)13/h8H,3-7,10H2,1-2H3,(H,12,13). The molecule has 4 nitrogen and oxygen atoms in total.